The Morgan fingerprint density at radius 3 is 2.72 bits per heavy atom. The minimum absolute atomic E-state index is 0.144. The summed E-state index contributed by atoms with van der Waals surface area (Å²) in [4.78, 5) is 11.7. The Balaban J connectivity index is 1.69. The zero-order valence-corrected chi connectivity index (χ0v) is 10.8. The molecule has 3 N–H and O–H groups in total. The molecule has 2 rings (SSSR count). The quantitative estimate of drug-likeness (QED) is 0.784. The summed E-state index contributed by atoms with van der Waals surface area (Å²) in [7, 11) is 0. The van der Waals surface area contributed by atoms with Gasteiger partial charge in [-0.1, -0.05) is 31.0 Å². The number of amides is 1. The van der Waals surface area contributed by atoms with Gasteiger partial charge in [0.25, 0.3) is 0 Å². The van der Waals surface area contributed by atoms with Gasteiger partial charge < -0.3 is 11.1 Å². The van der Waals surface area contributed by atoms with Crippen LogP contribution in [0.3, 0.4) is 0 Å². The van der Waals surface area contributed by atoms with Gasteiger partial charge in [0.05, 0.1) is 0 Å². The van der Waals surface area contributed by atoms with E-state index >= 15 is 0 Å². The Hall–Kier alpha value is -1.51. The van der Waals surface area contributed by atoms with Crippen LogP contribution in [-0.2, 0) is 11.2 Å². The van der Waals surface area contributed by atoms with Crippen molar-refractivity contribution in [3.63, 3.8) is 0 Å². The highest BCUT2D eigenvalue weighted by atomic mass is 16.1. The van der Waals surface area contributed by atoms with E-state index in [4.69, 9.17) is 5.73 Å². The molecule has 0 heterocycles. The Morgan fingerprint density at radius 1 is 1.28 bits per heavy atom. The molecule has 0 aliphatic heterocycles. The molecule has 98 valence electrons. The van der Waals surface area contributed by atoms with Gasteiger partial charge in [0.15, 0.2) is 0 Å². The molecule has 1 saturated carbocycles. The van der Waals surface area contributed by atoms with Crippen molar-refractivity contribution >= 4 is 11.6 Å². The Labute approximate surface area is 109 Å². The molecule has 0 unspecified atom stereocenters. The van der Waals surface area contributed by atoms with Crippen molar-refractivity contribution in [2.24, 2.45) is 5.92 Å². The smallest absolute Gasteiger partial charge is 0.220 e. The molecule has 1 aromatic rings. The summed E-state index contributed by atoms with van der Waals surface area (Å²) in [5.74, 6) is 0.848. The minimum atomic E-state index is 0.144. The van der Waals surface area contributed by atoms with E-state index in [0.29, 0.717) is 12.3 Å². The topological polar surface area (TPSA) is 55.1 Å². The fourth-order valence-electron chi connectivity index (χ4n) is 2.57. The fourth-order valence-corrected chi connectivity index (χ4v) is 2.57. The Bertz CT molecular complexity index is 397. The largest absolute Gasteiger partial charge is 0.399 e. The number of nitrogens with one attached hydrogen (secondary N) is 1. The maximum absolute atomic E-state index is 11.7. The second-order valence-electron chi connectivity index (χ2n) is 5.15. The van der Waals surface area contributed by atoms with E-state index in [9.17, 15) is 4.79 Å². The number of rotatable bonds is 5. The fraction of sp³-hybridized carbons (Fsp3) is 0.533. The molecule has 1 aliphatic carbocycles. The maximum atomic E-state index is 11.7. The van der Waals surface area contributed by atoms with Gasteiger partial charge in [0.1, 0.15) is 0 Å². The van der Waals surface area contributed by atoms with E-state index in [0.717, 1.165) is 24.2 Å². The molecule has 1 aromatic carbocycles. The average Bonchev–Trinajstić information content (AvgIpc) is 2.88. The second-order valence-corrected chi connectivity index (χ2v) is 5.15. The third kappa shape index (κ3) is 3.76. The van der Waals surface area contributed by atoms with Crippen LogP contribution in [0, 0.1) is 5.92 Å². The van der Waals surface area contributed by atoms with E-state index < -0.39 is 0 Å². The van der Waals surface area contributed by atoms with Gasteiger partial charge in [0, 0.05) is 18.7 Å². The summed E-state index contributed by atoms with van der Waals surface area (Å²) < 4.78 is 0. The first-order valence-corrected chi connectivity index (χ1v) is 6.86. The van der Waals surface area contributed by atoms with Crippen LogP contribution in [0.4, 0.5) is 5.69 Å². The zero-order valence-electron chi connectivity index (χ0n) is 10.8. The standard InChI is InChI=1S/C15H22N2O/c16-14-8-4-3-7-13(14)9-10-15(18)17-11-12-5-1-2-6-12/h3-4,7-8,12H,1-2,5-6,9-11,16H2,(H,17,18). The van der Waals surface area contributed by atoms with Crippen molar-refractivity contribution < 1.29 is 4.79 Å². The molecule has 3 heteroatoms. The van der Waals surface area contributed by atoms with Gasteiger partial charge in [-0.3, -0.25) is 4.79 Å². The van der Waals surface area contributed by atoms with E-state index in [1.807, 2.05) is 24.3 Å². The molecule has 0 bridgehead atoms. The first-order valence-electron chi connectivity index (χ1n) is 6.86. The lowest BCUT2D eigenvalue weighted by Gasteiger charge is -2.11. The molecular weight excluding hydrogens is 224 g/mol. The summed E-state index contributed by atoms with van der Waals surface area (Å²) in [5.41, 5.74) is 7.69. The number of nitrogen functional groups attached to an aromatic ring is 1. The predicted octanol–water partition coefficient (Wildman–Crippen LogP) is 2.51. The van der Waals surface area contributed by atoms with Crippen molar-refractivity contribution in [1.82, 2.24) is 5.32 Å². The van der Waals surface area contributed by atoms with Gasteiger partial charge in [-0.2, -0.15) is 0 Å². The molecule has 0 aromatic heterocycles. The van der Waals surface area contributed by atoms with E-state index in [1.165, 1.54) is 25.7 Å². The number of hydrogen-bond acceptors (Lipinski definition) is 2. The summed E-state index contributed by atoms with van der Waals surface area (Å²) in [5, 5.41) is 3.03. The number of carbonyl (C=O) groups is 1. The summed E-state index contributed by atoms with van der Waals surface area (Å²) >= 11 is 0. The predicted molar refractivity (Wildman–Crippen MR) is 74.1 cm³/mol. The second kappa shape index (κ2) is 6.43. The number of carbonyl (C=O) groups excluding carboxylic acids is 1. The third-order valence-corrected chi connectivity index (χ3v) is 3.74. The van der Waals surface area contributed by atoms with Crippen molar-refractivity contribution in [3.05, 3.63) is 29.8 Å². The molecule has 0 radical (unpaired) electrons. The number of para-hydroxylation sites is 1. The normalized spacial score (nSPS) is 15.8. The molecule has 18 heavy (non-hydrogen) atoms. The van der Waals surface area contributed by atoms with Gasteiger partial charge in [0.2, 0.25) is 5.91 Å². The first kappa shape index (κ1) is 12.9. The number of anilines is 1. The van der Waals surface area contributed by atoms with Crippen LogP contribution >= 0.6 is 0 Å². The lowest BCUT2D eigenvalue weighted by atomic mass is 10.1. The molecule has 1 amide bonds. The van der Waals surface area contributed by atoms with Crippen LogP contribution in [0.2, 0.25) is 0 Å². The van der Waals surface area contributed by atoms with Crippen LogP contribution in [0.5, 0.6) is 0 Å². The van der Waals surface area contributed by atoms with Gasteiger partial charge >= 0.3 is 0 Å². The van der Waals surface area contributed by atoms with Crippen LogP contribution < -0.4 is 11.1 Å². The molecule has 1 aliphatic rings. The van der Waals surface area contributed by atoms with Gasteiger partial charge in [-0.05, 0) is 36.8 Å². The maximum Gasteiger partial charge on any atom is 0.220 e. The number of aryl methyl sites for hydroxylation is 1. The van der Waals surface area contributed by atoms with Crippen LogP contribution in [0.1, 0.15) is 37.7 Å². The molecule has 0 atom stereocenters. The van der Waals surface area contributed by atoms with E-state index in [1.54, 1.807) is 0 Å². The highest BCUT2D eigenvalue weighted by molar-refractivity contribution is 5.76. The zero-order chi connectivity index (χ0) is 12.8. The average molecular weight is 246 g/mol. The van der Waals surface area contributed by atoms with E-state index in [-0.39, 0.29) is 5.91 Å². The number of hydrogen-bond donors (Lipinski definition) is 2. The molecule has 1 fully saturated rings. The first-order chi connectivity index (χ1) is 8.75. The molecule has 3 nitrogen and oxygen atoms in total. The lowest BCUT2D eigenvalue weighted by molar-refractivity contribution is -0.121. The molecular formula is C15H22N2O. The highest BCUT2D eigenvalue weighted by Crippen LogP contribution is 2.23. The van der Waals surface area contributed by atoms with Crippen LogP contribution in [-0.4, -0.2) is 12.5 Å². The van der Waals surface area contributed by atoms with E-state index in [2.05, 4.69) is 5.32 Å². The minimum Gasteiger partial charge on any atom is -0.399 e. The van der Waals surface area contributed by atoms with Crippen molar-refractivity contribution in [3.8, 4) is 0 Å². The molecule has 0 spiro atoms. The summed E-state index contributed by atoms with van der Waals surface area (Å²) in [6.07, 6.45) is 6.43. The Kier molecular flexibility index (Phi) is 4.62. The SMILES string of the molecule is Nc1ccccc1CCC(=O)NCC1CCCC1. The Morgan fingerprint density at radius 2 is 2.00 bits per heavy atom. The lowest BCUT2D eigenvalue weighted by Crippen LogP contribution is -2.28. The van der Waals surface area contributed by atoms with Crippen molar-refractivity contribution in [1.29, 1.82) is 0 Å². The number of benzene rings is 1. The van der Waals surface area contributed by atoms with Crippen molar-refractivity contribution in [2.45, 2.75) is 38.5 Å². The third-order valence-electron chi connectivity index (χ3n) is 3.74. The van der Waals surface area contributed by atoms with Gasteiger partial charge in [-0.25, -0.2) is 0 Å². The summed E-state index contributed by atoms with van der Waals surface area (Å²) in [6.45, 7) is 0.850. The highest BCUT2D eigenvalue weighted by Gasteiger charge is 2.15. The van der Waals surface area contributed by atoms with Gasteiger partial charge in [-0.15, -0.1) is 0 Å². The van der Waals surface area contributed by atoms with Crippen LogP contribution in [0.25, 0.3) is 0 Å². The van der Waals surface area contributed by atoms with Crippen LogP contribution in [0.15, 0.2) is 24.3 Å². The molecule has 0 saturated heterocycles. The van der Waals surface area contributed by atoms with Crippen molar-refractivity contribution in [2.75, 3.05) is 12.3 Å². The monoisotopic (exact) mass is 246 g/mol. The summed E-state index contributed by atoms with van der Waals surface area (Å²) in [6, 6.07) is 7.74. The number of nitrogens with two attached hydrogens (primary N) is 1.